The lowest BCUT2D eigenvalue weighted by Gasteiger charge is -2.27. The molecule has 2 heterocycles. The molecular weight excluding hydrogens is 393 g/mol. The average Bonchev–Trinajstić information content (AvgIpc) is 3.07. The van der Waals surface area contributed by atoms with Crippen molar-refractivity contribution in [3.05, 3.63) is 29.0 Å². The van der Waals surface area contributed by atoms with Gasteiger partial charge < -0.3 is 15.0 Å². The Kier molecular flexibility index (Phi) is 6.56. The number of nitrogens with zero attached hydrogens (tertiary/aromatic N) is 4. The smallest absolute Gasteiger partial charge is 0.237 e. The van der Waals surface area contributed by atoms with E-state index in [9.17, 15) is 9.18 Å². The molecule has 1 fully saturated rings. The zero-order chi connectivity index (χ0) is 19.4. The van der Waals surface area contributed by atoms with Crippen molar-refractivity contribution < 1.29 is 13.9 Å². The number of ether oxygens (including phenoxy) is 1. The quantitative estimate of drug-likeness (QED) is 0.734. The molecule has 1 aliphatic rings. The summed E-state index contributed by atoms with van der Waals surface area (Å²) in [6.07, 6.45) is 0. The van der Waals surface area contributed by atoms with Gasteiger partial charge in [0.2, 0.25) is 11.9 Å². The highest BCUT2D eigenvalue weighted by molar-refractivity contribution is 8.00. The molecule has 1 amide bonds. The summed E-state index contributed by atoms with van der Waals surface area (Å²) in [5.74, 6) is 0.0942. The second-order valence-corrected chi connectivity index (χ2v) is 7.71. The minimum absolute atomic E-state index is 0.159. The van der Waals surface area contributed by atoms with Crippen LogP contribution < -0.4 is 10.2 Å². The van der Waals surface area contributed by atoms with Crippen molar-refractivity contribution in [1.82, 2.24) is 14.8 Å². The molecule has 1 aliphatic heterocycles. The molecule has 1 aromatic heterocycles. The standard InChI is InChI=1S/C17H21ClFN5O2S/c1-3-24-16(23-6-8-26-9-7-23)21-22-17(24)27-11(2)15(25)20-14-5-4-12(19)10-13(14)18/h4-5,10-11H,3,6-9H2,1-2H3,(H,20,25)/t11-/m0/s1. The molecule has 0 unspecified atom stereocenters. The largest absolute Gasteiger partial charge is 0.378 e. The molecule has 3 rings (SSSR count). The predicted molar refractivity (Wildman–Crippen MR) is 104 cm³/mol. The number of thioether (sulfide) groups is 1. The second-order valence-electron chi connectivity index (χ2n) is 6.00. The highest BCUT2D eigenvalue weighted by Gasteiger charge is 2.23. The molecule has 1 atom stereocenters. The molecule has 146 valence electrons. The Hall–Kier alpha value is -1.84. The van der Waals surface area contributed by atoms with Crippen molar-refractivity contribution in [2.24, 2.45) is 0 Å². The van der Waals surface area contributed by atoms with Crippen LogP contribution in [-0.2, 0) is 16.1 Å². The molecule has 0 aliphatic carbocycles. The molecule has 7 nitrogen and oxygen atoms in total. The highest BCUT2D eigenvalue weighted by atomic mass is 35.5. The van der Waals surface area contributed by atoms with Gasteiger partial charge in [-0.1, -0.05) is 23.4 Å². The number of amides is 1. The maximum atomic E-state index is 13.1. The predicted octanol–water partition coefficient (Wildman–Crippen LogP) is 3.05. The number of rotatable bonds is 6. The molecule has 0 bridgehead atoms. The van der Waals surface area contributed by atoms with Crippen LogP contribution in [0.5, 0.6) is 0 Å². The van der Waals surface area contributed by atoms with Crippen LogP contribution in [0.4, 0.5) is 16.0 Å². The minimum atomic E-state index is -0.452. The Labute approximate surface area is 166 Å². The third-order valence-corrected chi connectivity index (χ3v) is 5.54. The molecular formula is C17H21ClFN5O2S. The summed E-state index contributed by atoms with van der Waals surface area (Å²) in [5.41, 5.74) is 0.376. The molecule has 0 saturated carbocycles. The van der Waals surface area contributed by atoms with Crippen LogP contribution in [0.25, 0.3) is 0 Å². The molecule has 2 aromatic rings. The van der Waals surface area contributed by atoms with Crippen LogP contribution in [0, 0.1) is 5.82 Å². The number of halogens is 2. The summed E-state index contributed by atoms with van der Waals surface area (Å²) in [7, 11) is 0. The monoisotopic (exact) mass is 413 g/mol. The summed E-state index contributed by atoms with van der Waals surface area (Å²) in [6.45, 7) is 7.34. The Morgan fingerprint density at radius 3 is 2.81 bits per heavy atom. The Bertz CT molecular complexity index is 813. The lowest BCUT2D eigenvalue weighted by molar-refractivity contribution is -0.115. The number of benzene rings is 1. The first-order valence-electron chi connectivity index (χ1n) is 8.68. The number of anilines is 2. The van der Waals surface area contributed by atoms with Gasteiger partial charge in [-0.05, 0) is 32.0 Å². The van der Waals surface area contributed by atoms with Crippen LogP contribution in [0.2, 0.25) is 5.02 Å². The van der Waals surface area contributed by atoms with Gasteiger partial charge in [0.25, 0.3) is 0 Å². The SMILES string of the molecule is CCn1c(S[C@@H](C)C(=O)Nc2ccc(F)cc2Cl)nnc1N1CCOCC1. The molecule has 27 heavy (non-hydrogen) atoms. The van der Waals surface area contributed by atoms with E-state index in [2.05, 4.69) is 20.4 Å². The summed E-state index contributed by atoms with van der Waals surface area (Å²) in [5, 5.41) is 11.7. The van der Waals surface area contributed by atoms with Crippen molar-refractivity contribution in [3.63, 3.8) is 0 Å². The van der Waals surface area contributed by atoms with Gasteiger partial charge in [0, 0.05) is 19.6 Å². The molecule has 1 saturated heterocycles. The van der Waals surface area contributed by atoms with Crippen LogP contribution in [-0.4, -0.2) is 52.2 Å². The number of morpholine rings is 1. The van der Waals surface area contributed by atoms with E-state index in [1.54, 1.807) is 6.92 Å². The van der Waals surface area contributed by atoms with Crippen molar-refractivity contribution in [2.75, 3.05) is 36.5 Å². The normalized spacial score (nSPS) is 15.6. The van der Waals surface area contributed by atoms with Crippen LogP contribution in [0.3, 0.4) is 0 Å². The van der Waals surface area contributed by atoms with Gasteiger partial charge >= 0.3 is 0 Å². The summed E-state index contributed by atoms with van der Waals surface area (Å²) in [6, 6.07) is 3.86. The van der Waals surface area contributed by atoms with Gasteiger partial charge in [0.05, 0.1) is 29.2 Å². The van der Waals surface area contributed by atoms with Crippen molar-refractivity contribution in [1.29, 1.82) is 0 Å². The molecule has 0 spiro atoms. The Morgan fingerprint density at radius 1 is 1.41 bits per heavy atom. The Morgan fingerprint density at radius 2 is 2.15 bits per heavy atom. The average molecular weight is 414 g/mol. The number of nitrogens with one attached hydrogen (secondary N) is 1. The van der Waals surface area contributed by atoms with Crippen molar-refractivity contribution >= 4 is 40.9 Å². The minimum Gasteiger partial charge on any atom is -0.378 e. The summed E-state index contributed by atoms with van der Waals surface area (Å²) < 4.78 is 20.5. The van der Waals surface area contributed by atoms with E-state index in [0.29, 0.717) is 30.6 Å². The lowest BCUT2D eigenvalue weighted by atomic mass is 10.3. The van der Waals surface area contributed by atoms with Gasteiger partial charge in [-0.25, -0.2) is 4.39 Å². The fourth-order valence-corrected chi connectivity index (χ4v) is 3.80. The number of hydrogen-bond donors (Lipinski definition) is 1. The van der Waals surface area contributed by atoms with E-state index in [1.807, 2.05) is 11.5 Å². The van der Waals surface area contributed by atoms with Crippen LogP contribution in [0.1, 0.15) is 13.8 Å². The van der Waals surface area contributed by atoms with E-state index in [0.717, 1.165) is 25.1 Å². The van der Waals surface area contributed by atoms with E-state index in [-0.39, 0.29) is 10.9 Å². The third kappa shape index (κ3) is 4.72. The first-order valence-corrected chi connectivity index (χ1v) is 9.93. The number of carbonyl (C=O) groups is 1. The lowest BCUT2D eigenvalue weighted by Crippen LogP contribution is -2.38. The van der Waals surface area contributed by atoms with Gasteiger partial charge in [0.15, 0.2) is 5.16 Å². The molecule has 1 aromatic carbocycles. The zero-order valence-corrected chi connectivity index (χ0v) is 16.7. The maximum Gasteiger partial charge on any atom is 0.237 e. The first-order chi connectivity index (χ1) is 13.0. The second kappa shape index (κ2) is 8.90. The third-order valence-electron chi connectivity index (χ3n) is 4.15. The zero-order valence-electron chi connectivity index (χ0n) is 15.1. The number of aromatic nitrogens is 3. The van der Waals surface area contributed by atoms with E-state index in [4.69, 9.17) is 16.3 Å². The molecule has 0 radical (unpaired) electrons. The highest BCUT2D eigenvalue weighted by Crippen LogP contribution is 2.28. The fourth-order valence-electron chi connectivity index (χ4n) is 2.68. The van der Waals surface area contributed by atoms with Crippen molar-refractivity contribution in [3.8, 4) is 0 Å². The van der Waals surface area contributed by atoms with Gasteiger partial charge in [-0.3, -0.25) is 9.36 Å². The van der Waals surface area contributed by atoms with Crippen LogP contribution in [0.15, 0.2) is 23.4 Å². The summed E-state index contributed by atoms with van der Waals surface area (Å²) >= 11 is 7.29. The van der Waals surface area contributed by atoms with E-state index >= 15 is 0 Å². The first kappa shape index (κ1) is 19.9. The molecule has 10 heteroatoms. The molecule has 1 N–H and O–H groups in total. The fraction of sp³-hybridized carbons (Fsp3) is 0.471. The maximum absolute atomic E-state index is 13.1. The van der Waals surface area contributed by atoms with Gasteiger partial charge in [-0.15, -0.1) is 10.2 Å². The topological polar surface area (TPSA) is 72.3 Å². The van der Waals surface area contributed by atoms with Gasteiger partial charge in [0.1, 0.15) is 5.82 Å². The number of carbonyl (C=O) groups excluding carboxylic acids is 1. The van der Waals surface area contributed by atoms with E-state index < -0.39 is 11.1 Å². The van der Waals surface area contributed by atoms with Crippen molar-refractivity contribution in [2.45, 2.75) is 30.8 Å². The summed E-state index contributed by atoms with van der Waals surface area (Å²) in [4.78, 5) is 14.6. The van der Waals surface area contributed by atoms with Crippen LogP contribution >= 0.6 is 23.4 Å². The van der Waals surface area contributed by atoms with E-state index in [1.165, 1.54) is 23.9 Å². The number of hydrogen-bond acceptors (Lipinski definition) is 6. The Balaban J connectivity index is 1.68. The van der Waals surface area contributed by atoms with Gasteiger partial charge in [-0.2, -0.15) is 0 Å².